The van der Waals surface area contributed by atoms with Crippen LogP contribution in [0.15, 0.2) is 0 Å². The highest BCUT2D eigenvalue weighted by Gasteiger charge is 2.51. The van der Waals surface area contributed by atoms with Gasteiger partial charge in [-0.25, -0.2) is 0 Å². The van der Waals surface area contributed by atoms with Gasteiger partial charge in [0.2, 0.25) is 0 Å². The van der Waals surface area contributed by atoms with Crippen LogP contribution in [0.25, 0.3) is 0 Å². The van der Waals surface area contributed by atoms with Crippen LogP contribution in [0.1, 0.15) is 32.6 Å². The maximum Gasteiger partial charge on any atom is 0.419 e. The highest BCUT2D eigenvalue weighted by Crippen LogP contribution is 2.34. The van der Waals surface area contributed by atoms with Crippen molar-refractivity contribution in [3.63, 3.8) is 0 Å². The Hall–Kier alpha value is 0.274. The molecular formula is C13H30N2O2Si2. The van der Waals surface area contributed by atoms with Gasteiger partial charge in [-0.15, -0.1) is 0 Å². The molecule has 0 aromatic carbocycles. The summed E-state index contributed by atoms with van der Waals surface area (Å²) < 4.78 is 15.3. The van der Waals surface area contributed by atoms with E-state index in [9.17, 15) is 0 Å². The number of rotatable bonds is 4. The molecule has 19 heavy (non-hydrogen) atoms. The third-order valence-corrected chi connectivity index (χ3v) is 11.9. The maximum atomic E-state index is 6.27. The molecule has 0 bridgehead atoms. The zero-order chi connectivity index (χ0) is 14.1. The highest BCUT2D eigenvalue weighted by atomic mass is 28.4. The van der Waals surface area contributed by atoms with Crippen molar-refractivity contribution in [1.82, 2.24) is 9.13 Å². The van der Waals surface area contributed by atoms with Crippen molar-refractivity contribution in [3.05, 3.63) is 0 Å². The molecule has 1 heterocycles. The summed E-state index contributed by atoms with van der Waals surface area (Å²) in [4.78, 5) is 2.21. The average molecular weight is 303 g/mol. The van der Waals surface area contributed by atoms with Crippen molar-refractivity contribution in [2.75, 3.05) is 20.0 Å². The Morgan fingerprint density at radius 2 is 1.68 bits per heavy atom. The summed E-state index contributed by atoms with van der Waals surface area (Å²) in [6.07, 6.45) is 5.41. The smallest absolute Gasteiger partial charge is 0.369 e. The quantitative estimate of drug-likeness (QED) is 0.746. The summed E-state index contributed by atoms with van der Waals surface area (Å²) in [5.41, 5.74) is 0. The molecule has 0 aromatic heterocycles. The fraction of sp³-hybridized carbons (Fsp3) is 1.00. The fourth-order valence-corrected chi connectivity index (χ4v) is 12.2. The van der Waals surface area contributed by atoms with E-state index in [2.05, 4.69) is 42.2 Å². The van der Waals surface area contributed by atoms with Crippen LogP contribution < -0.4 is 0 Å². The second-order valence-corrected chi connectivity index (χ2v) is 15.0. The van der Waals surface area contributed by atoms with Crippen LogP contribution in [0.4, 0.5) is 0 Å². The van der Waals surface area contributed by atoms with E-state index in [4.69, 9.17) is 8.85 Å². The topological polar surface area (TPSA) is 24.9 Å². The Bertz CT molecular complexity index is 296. The van der Waals surface area contributed by atoms with E-state index < -0.39 is 17.0 Å². The summed E-state index contributed by atoms with van der Waals surface area (Å²) in [5.74, 6) is 0. The predicted octanol–water partition coefficient (Wildman–Crippen LogP) is 2.92. The summed E-state index contributed by atoms with van der Waals surface area (Å²) in [6, 6.07) is 0.705. The van der Waals surface area contributed by atoms with Crippen LogP contribution >= 0.6 is 0 Å². The molecule has 4 nitrogen and oxygen atoms in total. The summed E-state index contributed by atoms with van der Waals surface area (Å²) in [5, 5.41) is 0. The zero-order valence-corrected chi connectivity index (χ0v) is 15.2. The lowest BCUT2D eigenvalue weighted by Gasteiger charge is -2.51. The van der Waals surface area contributed by atoms with Gasteiger partial charge < -0.3 is 8.85 Å². The van der Waals surface area contributed by atoms with Crippen molar-refractivity contribution >= 4 is 17.0 Å². The monoisotopic (exact) mass is 302 g/mol. The second kappa shape index (κ2) is 5.95. The minimum absolute atomic E-state index is 0.705. The second-order valence-electron chi connectivity index (χ2n) is 6.91. The van der Waals surface area contributed by atoms with Gasteiger partial charge >= 0.3 is 8.72 Å². The van der Waals surface area contributed by atoms with Crippen LogP contribution in [0.5, 0.6) is 0 Å². The molecule has 0 spiro atoms. The average Bonchev–Trinajstić information content (AvgIpc) is 2.81. The zero-order valence-electron chi connectivity index (χ0n) is 13.2. The molecule has 1 aliphatic carbocycles. The van der Waals surface area contributed by atoms with E-state index in [0.717, 1.165) is 20.0 Å². The molecule has 2 aliphatic rings. The Morgan fingerprint density at radius 3 is 2.11 bits per heavy atom. The van der Waals surface area contributed by atoms with Crippen molar-refractivity contribution in [1.29, 1.82) is 0 Å². The Labute approximate surface area is 120 Å². The van der Waals surface area contributed by atoms with Crippen molar-refractivity contribution in [2.45, 2.75) is 64.8 Å². The molecule has 112 valence electrons. The molecule has 2 fully saturated rings. The SMILES string of the molecule is CCN1CO[Si](C)(N(C2CCCC2)[Si](C)(C)C)OC1. The first-order valence-electron chi connectivity index (χ1n) is 7.66. The highest BCUT2D eigenvalue weighted by molar-refractivity contribution is 6.85. The molecule has 0 atom stereocenters. The Morgan fingerprint density at radius 1 is 1.16 bits per heavy atom. The van der Waals surface area contributed by atoms with E-state index in [1.54, 1.807) is 0 Å². The first kappa shape index (κ1) is 15.7. The van der Waals surface area contributed by atoms with Crippen LogP contribution in [-0.2, 0) is 8.85 Å². The molecule has 0 aromatic rings. The van der Waals surface area contributed by atoms with Gasteiger partial charge in [-0.05, 0) is 25.9 Å². The van der Waals surface area contributed by atoms with E-state index in [1.165, 1.54) is 25.7 Å². The standard InChI is InChI=1S/C13H30N2O2Si2/c1-6-14-11-16-19(5,17-12-14)15(18(2,3)4)13-9-7-8-10-13/h13H,6-12H2,1-5H3. The summed E-state index contributed by atoms with van der Waals surface area (Å²) >= 11 is 0. The van der Waals surface area contributed by atoms with Gasteiger partial charge in [-0.2, -0.15) is 0 Å². The third-order valence-electron chi connectivity index (χ3n) is 4.33. The van der Waals surface area contributed by atoms with Crippen LogP contribution in [0.2, 0.25) is 26.2 Å². The van der Waals surface area contributed by atoms with Gasteiger partial charge in [0.1, 0.15) is 8.24 Å². The summed E-state index contributed by atoms with van der Waals surface area (Å²) in [7, 11) is -3.59. The molecule has 0 amide bonds. The molecule has 2 rings (SSSR count). The third kappa shape index (κ3) is 3.48. The molecule has 1 aliphatic heterocycles. The van der Waals surface area contributed by atoms with E-state index in [1.807, 2.05) is 0 Å². The molecule has 0 radical (unpaired) electrons. The lowest BCUT2D eigenvalue weighted by Crippen LogP contribution is -2.71. The minimum Gasteiger partial charge on any atom is -0.369 e. The molecule has 0 N–H and O–H groups in total. The normalized spacial score (nSPS) is 26.2. The largest absolute Gasteiger partial charge is 0.419 e. The van der Waals surface area contributed by atoms with E-state index in [-0.39, 0.29) is 0 Å². The van der Waals surface area contributed by atoms with Gasteiger partial charge in [0, 0.05) is 6.04 Å². The van der Waals surface area contributed by atoms with Gasteiger partial charge in [0.05, 0.1) is 13.5 Å². The number of hydrogen-bond acceptors (Lipinski definition) is 4. The van der Waals surface area contributed by atoms with Gasteiger partial charge in [-0.1, -0.05) is 39.4 Å². The van der Waals surface area contributed by atoms with Crippen LogP contribution in [0, 0.1) is 0 Å². The van der Waals surface area contributed by atoms with Crippen LogP contribution in [-0.4, -0.2) is 52.1 Å². The van der Waals surface area contributed by atoms with Gasteiger partial charge in [0.15, 0.2) is 0 Å². The van der Waals surface area contributed by atoms with Crippen LogP contribution in [0.3, 0.4) is 0 Å². The first-order chi connectivity index (χ1) is 8.87. The van der Waals surface area contributed by atoms with Crippen molar-refractivity contribution in [3.8, 4) is 0 Å². The summed E-state index contributed by atoms with van der Waals surface area (Å²) in [6.45, 7) is 14.2. The fourth-order valence-electron chi connectivity index (χ4n) is 3.47. The Balaban J connectivity index is 2.13. The molecular weight excluding hydrogens is 272 g/mol. The van der Waals surface area contributed by atoms with Crippen molar-refractivity contribution in [2.24, 2.45) is 0 Å². The van der Waals surface area contributed by atoms with E-state index in [0.29, 0.717) is 6.04 Å². The molecule has 0 unspecified atom stereocenters. The lowest BCUT2D eigenvalue weighted by atomic mass is 10.3. The first-order valence-corrected chi connectivity index (χ1v) is 13.4. The number of hydrogen-bond donors (Lipinski definition) is 0. The van der Waals surface area contributed by atoms with Crippen molar-refractivity contribution < 1.29 is 8.85 Å². The molecule has 1 saturated carbocycles. The minimum atomic E-state index is -2.17. The van der Waals surface area contributed by atoms with Gasteiger partial charge in [-0.3, -0.25) is 9.13 Å². The Kier molecular flexibility index (Phi) is 4.90. The number of nitrogens with zero attached hydrogens (tertiary/aromatic N) is 2. The lowest BCUT2D eigenvalue weighted by molar-refractivity contribution is -0.0459. The van der Waals surface area contributed by atoms with E-state index >= 15 is 0 Å². The predicted molar refractivity (Wildman–Crippen MR) is 83.3 cm³/mol. The maximum absolute atomic E-state index is 6.27. The molecule has 6 heteroatoms. The van der Waals surface area contributed by atoms with Gasteiger partial charge in [0.25, 0.3) is 0 Å². The molecule has 1 saturated heterocycles.